The summed E-state index contributed by atoms with van der Waals surface area (Å²) in [4.78, 5) is 23.8. The van der Waals surface area contributed by atoms with Gasteiger partial charge in [0.2, 0.25) is 0 Å². The zero-order chi connectivity index (χ0) is 30.5. The zero-order valence-electron chi connectivity index (χ0n) is 27.1. The van der Waals surface area contributed by atoms with E-state index >= 15 is 0 Å². The molecule has 5 atom stereocenters. The van der Waals surface area contributed by atoms with E-state index in [4.69, 9.17) is 13.9 Å². The topological polar surface area (TPSA) is 65.0 Å². The monoisotopic (exact) mass is 600 g/mol. The number of carbonyl (C=O) groups is 1. The normalized spacial score (nSPS) is 26.3. The van der Waals surface area contributed by atoms with Crippen LogP contribution >= 0.6 is 0 Å². The minimum atomic E-state index is -2.42. The second kappa shape index (κ2) is 13.7. The SMILES string of the molecule is CC(C)(C[C@H](/C=C/[C@@H]1[C@H]2C/C=C\CCCC(=O)O[C@H]2C[C@H]1O[Si](C)(C)C(C)(C)C)COc1ccccc1)[Si](C)(C)O. The van der Waals surface area contributed by atoms with E-state index in [1.54, 1.807) is 0 Å². The lowest BCUT2D eigenvalue weighted by molar-refractivity contribution is -0.151. The quantitative estimate of drug-likeness (QED) is 0.165. The van der Waals surface area contributed by atoms with Crippen LogP contribution in [0.5, 0.6) is 5.75 Å². The van der Waals surface area contributed by atoms with Crippen molar-refractivity contribution in [1.29, 1.82) is 0 Å². The van der Waals surface area contributed by atoms with Crippen molar-refractivity contribution in [3.63, 3.8) is 0 Å². The molecule has 0 bridgehead atoms. The Morgan fingerprint density at radius 3 is 2.39 bits per heavy atom. The second-order valence-electron chi connectivity index (χ2n) is 14.9. The molecule has 1 N–H and O–H groups in total. The Kier molecular flexibility index (Phi) is 11.3. The molecule has 0 amide bonds. The lowest BCUT2D eigenvalue weighted by Gasteiger charge is -2.40. The standard InChI is InChI=1S/C34H56O5Si2/c1-33(2,3)41(8,9)39-31-23-30-28(19-15-10-11-16-20-32(35)38-30)29(31)22-21-26(24-34(4,5)40(6,7)36)25-37-27-17-13-12-14-18-27/h10,12-15,17-18,21-22,26,28-31,36H,11,16,19-20,23-25H2,1-9H3/b15-10-,22-21+/t26-,28+,29+,30-,31+/m0/s1. The second-order valence-corrected chi connectivity index (χ2v) is 24.2. The van der Waals surface area contributed by atoms with Gasteiger partial charge in [0.05, 0.1) is 12.7 Å². The van der Waals surface area contributed by atoms with Gasteiger partial charge < -0.3 is 18.7 Å². The molecule has 1 heterocycles. The van der Waals surface area contributed by atoms with Crippen LogP contribution in [0.1, 0.15) is 73.1 Å². The van der Waals surface area contributed by atoms with E-state index in [0.717, 1.165) is 37.9 Å². The van der Waals surface area contributed by atoms with Crippen molar-refractivity contribution in [1.82, 2.24) is 0 Å². The van der Waals surface area contributed by atoms with Crippen molar-refractivity contribution in [3.05, 3.63) is 54.6 Å². The summed E-state index contributed by atoms with van der Waals surface area (Å²) in [7, 11) is -4.48. The van der Waals surface area contributed by atoms with E-state index in [-0.39, 0.29) is 46.0 Å². The predicted molar refractivity (Wildman–Crippen MR) is 174 cm³/mol. The molecule has 230 valence electrons. The summed E-state index contributed by atoms with van der Waals surface area (Å²) in [5.74, 6) is 1.19. The first-order chi connectivity index (χ1) is 19.0. The molecule has 41 heavy (non-hydrogen) atoms. The maximum absolute atomic E-state index is 12.7. The minimum Gasteiger partial charge on any atom is -0.493 e. The molecule has 1 fully saturated rings. The average molecular weight is 601 g/mol. The molecule has 0 saturated heterocycles. The van der Waals surface area contributed by atoms with Gasteiger partial charge >= 0.3 is 5.97 Å². The molecule has 0 spiro atoms. The van der Waals surface area contributed by atoms with Crippen LogP contribution in [0.2, 0.25) is 36.3 Å². The van der Waals surface area contributed by atoms with Gasteiger partial charge in [-0.15, -0.1) is 0 Å². The predicted octanol–water partition coefficient (Wildman–Crippen LogP) is 8.67. The average Bonchev–Trinajstić information content (AvgIpc) is 3.16. The van der Waals surface area contributed by atoms with Crippen LogP contribution in [0, 0.1) is 17.8 Å². The highest BCUT2D eigenvalue weighted by molar-refractivity contribution is 6.74. The van der Waals surface area contributed by atoms with E-state index < -0.39 is 16.6 Å². The molecular formula is C34H56O5Si2. The minimum absolute atomic E-state index is 0.00328. The molecule has 1 aromatic rings. The summed E-state index contributed by atoms with van der Waals surface area (Å²) in [5, 5.41) is -0.103. The van der Waals surface area contributed by atoms with Crippen molar-refractivity contribution in [3.8, 4) is 5.75 Å². The fourth-order valence-corrected chi connectivity index (χ4v) is 7.66. The van der Waals surface area contributed by atoms with Gasteiger partial charge in [0.15, 0.2) is 16.6 Å². The Balaban J connectivity index is 1.94. The molecule has 7 heteroatoms. The number of allylic oxidation sites excluding steroid dienone is 2. The number of benzene rings is 1. The van der Waals surface area contributed by atoms with Crippen LogP contribution < -0.4 is 4.74 Å². The molecule has 1 aliphatic carbocycles. The number of fused-ring (bicyclic) bond motifs is 1. The van der Waals surface area contributed by atoms with E-state index in [2.05, 4.69) is 72.0 Å². The Hall–Kier alpha value is -1.68. The highest BCUT2D eigenvalue weighted by Crippen LogP contribution is 2.46. The Morgan fingerprint density at radius 1 is 1.07 bits per heavy atom. The summed E-state index contributed by atoms with van der Waals surface area (Å²) in [5.41, 5.74) is 0. The molecule has 3 rings (SSSR count). The zero-order valence-corrected chi connectivity index (χ0v) is 29.1. The van der Waals surface area contributed by atoms with Gasteiger partial charge in [0, 0.05) is 30.6 Å². The third-order valence-electron chi connectivity index (χ3n) is 9.97. The summed E-state index contributed by atoms with van der Waals surface area (Å²) in [6, 6.07) is 9.95. The Bertz CT molecular complexity index is 1040. The summed E-state index contributed by atoms with van der Waals surface area (Å²) >= 11 is 0. The summed E-state index contributed by atoms with van der Waals surface area (Å²) in [6.45, 7) is 20.4. The van der Waals surface area contributed by atoms with Gasteiger partial charge in [-0.25, -0.2) is 0 Å². The first kappa shape index (κ1) is 33.8. The van der Waals surface area contributed by atoms with Crippen molar-refractivity contribution < 1.29 is 23.5 Å². The molecule has 0 aromatic heterocycles. The smallest absolute Gasteiger partial charge is 0.306 e. The van der Waals surface area contributed by atoms with E-state index in [9.17, 15) is 9.59 Å². The number of esters is 1. The number of hydrogen-bond acceptors (Lipinski definition) is 5. The molecular weight excluding hydrogens is 545 g/mol. The molecule has 0 radical (unpaired) electrons. The fraction of sp³-hybridized carbons (Fsp3) is 0.676. The van der Waals surface area contributed by atoms with Crippen LogP contribution in [0.4, 0.5) is 0 Å². The van der Waals surface area contributed by atoms with Gasteiger partial charge in [0.25, 0.3) is 0 Å². The first-order valence-corrected chi connectivity index (χ1v) is 21.5. The van der Waals surface area contributed by atoms with E-state index in [0.29, 0.717) is 13.0 Å². The number of hydrogen-bond donors (Lipinski definition) is 1. The molecule has 1 aliphatic heterocycles. The van der Waals surface area contributed by atoms with Crippen molar-refractivity contribution in [2.24, 2.45) is 17.8 Å². The lowest BCUT2D eigenvalue weighted by Crippen LogP contribution is -2.45. The van der Waals surface area contributed by atoms with Crippen molar-refractivity contribution >= 4 is 22.6 Å². The first-order valence-electron chi connectivity index (χ1n) is 15.6. The lowest BCUT2D eigenvalue weighted by atomic mass is 9.87. The Labute approximate surface area is 252 Å². The largest absolute Gasteiger partial charge is 0.493 e. The summed E-state index contributed by atoms with van der Waals surface area (Å²) < 4.78 is 19.5. The van der Waals surface area contributed by atoms with E-state index in [1.807, 2.05) is 43.4 Å². The molecule has 1 aromatic carbocycles. The van der Waals surface area contributed by atoms with Gasteiger partial charge in [-0.1, -0.05) is 77.1 Å². The number of carbonyl (C=O) groups excluding carboxylic acids is 1. The maximum atomic E-state index is 12.7. The Morgan fingerprint density at radius 2 is 1.76 bits per heavy atom. The molecule has 2 aliphatic rings. The number of ether oxygens (including phenoxy) is 2. The van der Waals surface area contributed by atoms with Gasteiger partial charge in [-0.05, 0) is 74.1 Å². The van der Waals surface area contributed by atoms with Crippen LogP contribution in [0.25, 0.3) is 0 Å². The van der Waals surface area contributed by atoms with Crippen LogP contribution in [-0.2, 0) is 14.0 Å². The van der Waals surface area contributed by atoms with Crippen LogP contribution in [0.15, 0.2) is 54.6 Å². The third kappa shape index (κ3) is 9.41. The third-order valence-corrected chi connectivity index (χ3v) is 18.0. The van der Waals surface area contributed by atoms with Crippen molar-refractivity contribution in [2.75, 3.05) is 6.61 Å². The summed E-state index contributed by atoms with van der Waals surface area (Å²) in [6.07, 6.45) is 13.7. The molecule has 0 unspecified atom stereocenters. The fourth-order valence-electron chi connectivity index (χ4n) is 5.53. The highest BCUT2D eigenvalue weighted by atomic mass is 28.4. The van der Waals surface area contributed by atoms with Crippen LogP contribution in [-0.4, -0.2) is 46.2 Å². The molecule has 1 saturated carbocycles. The van der Waals surface area contributed by atoms with Gasteiger partial charge in [-0.2, -0.15) is 0 Å². The van der Waals surface area contributed by atoms with Crippen molar-refractivity contribution in [2.45, 2.75) is 122 Å². The van der Waals surface area contributed by atoms with Gasteiger partial charge in [-0.3, -0.25) is 4.79 Å². The van der Waals surface area contributed by atoms with Gasteiger partial charge in [0.1, 0.15) is 11.9 Å². The van der Waals surface area contributed by atoms with E-state index in [1.165, 1.54) is 0 Å². The molecule has 5 nitrogen and oxygen atoms in total. The number of para-hydroxylation sites is 1. The maximum Gasteiger partial charge on any atom is 0.306 e. The van der Waals surface area contributed by atoms with Crippen LogP contribution in [0.3, 0.4) is 0 Å². The number of rotatable bonds is 10. The highest BCUT2D eigenvalue weighted by Gasteiger charge is 2.49.